The summed E-state index contributed by atoms with van der Waals surface area (Å²) in [4.78, 5) is 8.12. The summed E-state index contributed by atoms with van der Waals surface area (Å²) in [6, 6.07) is 19.1. The number of aliphatic hydroxyl groups is 1. The first kappa shape index (κ1) is 30.0. The molecule has 1 atom stereocenters. The summed E-state index contributed by atoms with van der Waals surface area (Å²) in [5, 5.41) is 13.7. The second-order valence-electron chi connectivity index (χ2n) is 11.5. The van der Waals surface area contributed by atoms with E-state index in [0.29, 0.717) is 16.8 Å². The Morgan fingerprint density at radius 2 is 1.86 bits per heavy atom. The van der Waals surface area contributed by atoms with Crippen molar-refractivity contribution in [3.63, 3.8) is 0 Å². The average Bonchev–Trinajstić information content (AvgIpc) is 3.66. The van der Waals surface area contributed by atoms with Crippen LogP contribution in [0.2, 0.25) is 0 Å². The molecule has 2 N–H and O–H groups in total. The highest BCUT2D eigenvalue weighted by atomic mass is 79.9. The van der Waals surface area contributed by atoms with Crippen LogP contribution in [0.3, 0.4) is 0 Å². The first-order valence-electron chi connectivity index (χ1n) is 14.0. The number of benzene rings is 3. The molecular formula is C35H34BrFN2O2S. The molecule has 0 bridgehead atoms. The maximum atomic E-state index is 15.0. The Morgan fingerprint density at radius 3 is 2.62 bits per heavy atom. The van der Waals surface area contributed by atoms with Crippen molar-refractivity contribution in [3.8, 4) is 34.4 Å². The number of hydrogen-bond acceptors (Lipinski definition) is 4. The molecule has 1 unspecified atom stereocenters. The van der Waals surface area contributed by atoms with Crippen LogP contribution >= 0.6 is 27.3 Å². The van der Waals surface area contributed by atoms with Gasteiger partial charge in [0.15, 0.2) is 11.6 Å². The summed E-state index contributed by atoms with van der Waals surface area (Å²) in [6.45, 7) is 6.15. The van der Waals surface area contributed by atoms with Crippen molar-refractivity contribution >= 4 is 38.2 Å². The molecule has 3 aromatic carbocycles. The molecule has 0 aliphatic carbocycles. The van der Waals surface area contributed by atoms with Gasteiger partial charge in [0.05, 0.1) is 12.3 Å². The Hall–Kier alpha value is -3.44. The quantitative estimate of drug-likeness (QED) is 0.111. The Bertz CT molecular complexity index is 1750. The van der Waals surface area contributed by atoms with Crippen molar-refractivity contribution in [1.82, 2.24) is 9.97 Å². The lowest BCUT2D eigenvalue weighted by atomic mass is 9.75. The van der Waals surface area contributed by atoms with E-state index < -0.39 is 5.82 Å². The Balaban J connectivity index is 1.43. The fourth-order valence-electron chi connectivity index (χ4n) is 5.33. The predicted octanol–water partition coefficient (Wildman–Crippen LogP) is 10.0. The second kappa shape index (κ2) is 12.4. The van der Waals surface area contributed by atoms with Gasteiger partial charge in [-0.15, -0.1) is 23.7 Å². The summed E-state index contributed by atoms with van der Waals surface area (Å²) in [6.07, 6.45) is 11.4. The fourth-order valence-corrected chi connectivity index (χ4v) is 6.68. The monoisotopic (exact) mass is 644 g/mol. The number of nitrogens with one attached hydrogen (secondary N) is 1. The zero-order chi connectivity index (χ0) is 29.9. The van der Waals surface area contributed by atoms with Gasteiger partial charge in [0.1, 0.15) is 10.8 Å². The lowest BCUT2D eigenvalue weighted by Gasteiger charge is -2.29. The molecule has 0 amide bonds. The molecule has 0 radical (unpaired) electrons. The minimum Gasteiger partial charge on any atom is -0.454 e. The van der Waals surface area contributed by atoms with E-state index in [9.17, 15) is 5.11 Å². The molecule has 7 heteroatoms. The Labute approximate surface area is 259 Å². The lowest BCUT2D eigenvalue weighted by Crippen LogP contribution is -2.24. The molecule has 2 heterocycles. The summed E-state index contributed by atoms with van der Waals surface area (Å²) >= 11 is 5.23. The average molecular weight is 646 g/mol. The number of aromatic nitrogens is 2. The topological polar surface area (TPSA) is 58.1 Å². The number of terminal acetylenes is 1. The molecule has 216 valence electrons. The van der Waals surface area contributed by atoms with Crippen LogP contribution in [0.4, 0.5) is 4.39 Å². The lowest BCUT2D eigenvalue weighted by molar-refractivity contribution is 0.276. The van der Waals surface area contributed by atoms with Gasteiger partial charge in [-0.05, 0) is 69.5 Å². The van der Waals surface area contributed by atoms with E-state index >= 15 is 4.39 Å². The van der Waals surface area contributed by atoms with Gasteiger partial charge < -0.3 is 14.8 Å². The molecule has 42 heavy (non-hydrogen) atoms. The largest absolute Gasteiger partial charge is 0.454 e. The van der Waals surface area contributed by atoms with E-state index in [1.165, 1.54) is 11.6 Å². The SMILES string of the molecule is C#CC(C)(C)CCCCC(C)(c1cccc(Br)c1)c1csc(-c2cccc(Oc3c(F)cc4[nH]ccc4c3CO)c2)n1. The predicted molar refractivity (Wildman–Crippen MR) is 173 cm³/mol. The van der Waals surface area contributed by atoms with Crippen molar-refractivity contribution in [2.75, 3.05) is 0 Å². The first-order chi connectivity index (χ1) is 20.1. The third kappa shape index (κ3) is 6.32. The van der Waals surface area contributed by atoms with Gasteiger partial charge in [-0.25, -0.2) is 9.37 Å². The molecule has 4 nitrogen and oxygen atoms in total. The summed E-state index contributed by atoms with van der Waals surface area (Å²) in [7, 11) is 0. The molecule has 2 aromatic heterocycles. The van der Waals surface area contributed by atoms with Gasteiger partial charge in [-0.1, -0.05) is 53.0 Å². The minimum absolute atomic E-state index is 0.0248. The standard InChI is InChI=1S/C35H34BrFN2O2S/c1-5-34(2,3)15-6-7-16-35(4,24-11-9-12-25(36)19-24)31-22-42-33(39-31)23-10-8-13-26(18-23)41-32-28(21-40)27-14-17-38-30(27)20-29(32)37/h1,8-14,17-20,22,38,40H,6-7,15-16,21H2,2-4H3. The second-order valence-corrected chi connectivity index (χ2v) is 13.3. The molecule has 5 rings (SSSR count). The van der Waals surface area contributed by atoms with Crippen LogP contribution in [-0.4, -0.2) is 15.1 Å². The highest BCUT2D eigenvalue weighted by molar-refractivity contribution is 9.10. The minimum atomic E-state index is -0.536. The normalized spacial score (nSPS) is 13.2. The number of thiazole rings is 1. The van der Waals surface area contributed by atoms with Gasteiger partial charge in [-0.2, -0.15) is 0 Å². The summed E-state index contributed by atoms with van der Waals surface area (Å²) in [5.74, 6) is 2.87. The number of aliphatic hydroxyl groups excluding tert-OH is 1. The number of unbranched alkanes of at least 4 members (excludes halogenated alkanes) is 1. The van der Waals surface area contributed by atoms with Crippen molar-refractivity contribution < 1.29 is 14.2 Å². The van der Waals surface area contributed by atoms with Crippen LogP contribution in [-0.2, 0) is 12.0 Å². The summed E-state index contributed by atoms with van der Waals surface area (Å²) < 4.78 is 22.1. The fraction of sp³-hybridized carbons (Fsp3) is 0.286. The number of aromatic amines is 1. The molecule has 0 fully saturated rings. The van der Waals surface area contributed by atoms with Crippen LogP contribution in [0.5, 0.6) is 11.5 Å². The van der Waals surface area contributed by atoms with Gasteiger partial charge >= 0.3 is 0 Å². The van der Waals surface area contributed by atoms with E-state index in [-0.39, 0.29) is 23.2 Å². The van der Waals surface area contributed by atoms with Crippen molar-refractivity contribution in [3.05, 3.63) is 99.4 Å². The maximum absolute atomic E-state index is 15.0. The van der Waals surface area contributed by atoms with Crippen LogP contribution < -0.4 is 4.74 Å². The Morgan fingerprint density at radius 1 is 1.07 bits per heavy atom. The smallest absolute Gasteiger partial charge is 0.169 e. The third-order valence-electron chi connectivity index (χ3n) is 7.98. The van der Waals surface area contributed by atoms with Crippen LogP contribution in [0, 0.1) is 23.6 Å². The number of ether oxygens (including phenoxy) is 1. The zero-order valence-corrected chi connectivity index (χ0v) is 26.4. The molecule has 0 aliphatic heterocycles. The number of halogens is 2. The van der Waals surface area contributed by atoms with E-state index in [0.717, 1.165) is 51.8 Å². The van der Waals surface area contributed by atoms with Crippen LogP contribution in [0.15, 0.2) is 76.7 Å². The van der Waals surface area contributed by atoms with Crippen LogP contribution in [0.1, 0.15) is 63.3 Å². The highest BCUT2D eigenvalue weighted by Gasteiger charge is 2.32. The number of H-pyrrole nitrogens is 1. The van der Waals surface area contributed by atoms with Gasteiger partial charge in [0.25, 0.3) is 0 Å². The van der Waals surface area contributed by atoms with E-state index in [1.54, 1.807) is 29.7 Å². The molecular weight excluding hydrogens is 611 g/mol. The third-order valence-corrected chi connectivity index (χ3v) is 9.36. The van der Waals surface area contributed by atoms with Gasteiger partial charge in [-0.3, -0.25) is 0 Å². The molecule has 0 spiro atoms. The van der Waals surface area contributed by atoms with E-state index in [4.69, 9.17) is 16.1 Å². The molecule has 5 aromatic rings. The Kier molecular flexibility index (Phi) is 8.89. The number of fused-ring (bicyclic) bond motifs is 1. The van der Waals surface area contributed by atoms with Gasteiger partial charge in [0.2, 0.25) is 0 Å². The van der Waals surface area contributed by atoms with Crippen molar-refractivity contribution in [2.24, 2.45) is 5.41 Å². The number of rotatable bonds is 11. The van der Waals surface area contributed by atoms with Gasteiger partial charge in [0, 0.05) is 55.0 Å². The van der Waals surface area contributed by atoms with Crippen molar-refractivity contribution in [1.29, 1.82) is 0 Å². The number of nitrogens with zero attached hydrogens (tertiary/aromatic N) is 1. The van der Waals surface area contributed by atoms with Crippen LogP contribution in [0.25, 0.3) is 21.5 Å². The van der Waals surface area contributed by atoms with E-state index in [2.05, 4.69) is 71.2 Å². The number of hydrogen-bond donors (Lipinski definition) is 2. The van der Waals surface area contributed by atoms with Crippen molar-refractivity contribution in [2.45, 2.75) is 58.5 Å². The molecule has 0 saturated heterocycles. The zero-order valence-electron chi connectivity index (χ0n) is 24.0. The van der Waals surface area contributed by atoms with E-state index in [1.807, 2.05) is 24.3 Å². The molecule has 0 aliphatic rings. The maximum Gasteiger partial charge on any atom is 0.169 e. The molecule has 0 saturated carbocycles. The summed E-state index contributed by atoms with van der Waals surface area (Å²) in [5.41, 5.74) is 3.71. The first-order valence-corrected chi connectivity index (χ1v) is 15.7. The highest BCUT2D eigenvalue weighted by Crippen LogP contribution is 2.41.